The highest BCUT2D eigenvalue weighted by Crippen LogP contribution is 2.09. The maximum Gasteiger partial charge on any atom is 0.155 e. The van der Waals surface area contributed by atoms with Crippen LogP contribution < -0.4 is 0 Å². The van der Waals surface area contributed by atoms with Crippen molar-refractivity contribution in [3.8, 4) is 0 Å². The fourth-order valence-corrected chi connectivity index (χ4v) is 1.19. The Balaban J connectivity index is 2.96. The van der Waals surface area contributed by atoms with Crippen LogP contribution in [0.4, 0.5) is 4.39 Å². The van der Waals surface area contributed by atoms with Gasteiger partial charge in [-0.3, -0.25) is 0 Å². The van der Waals surface area contributed by atoms with Crippen molar-refractivity contribution in [1.82, 2.24) is 0 Å². The molecule has 0 spiro atoms. The first-order chi connectivity index (χ1) is 4.70. The van der Waals surface area contributed by atoms with Crippen LogP contribution in [0.5, 0.6) is 0 Å². The zero-order chi connectivity index (χ0) is 7.56. The lowest BCUT2D eigenvalue weighted by molar-refractivity contribution is 0.595. The minimum Gasteiger partial charge on any atom is -0.612 e. The molecule has 1 atom stereocenters. The monoisotopic (exact) mass is 158 g/mol. The van der Waals surface area contributed by atoms with E-state index in [4.69, 9.17) is 0 Å². The lowest BCUT2D eigenvalue weighted by atomic mass is 10.4. The van der Waals surface area contributed by atoms with Crippen molar-refractivity contribution in [1.29, 1.82) is 0 Å². The Kier molecular flexibility index (Phi) is 2.29. The molecule has 0 aromatic heterocycles. The zero-order valence-corrected chi connectivity index (χ0v) is 6.32. The molecular formula is C7H7FOS. The molecule has 0 N–H and O–H groups in total. The van der Waals surface area contributed by atoms with E-state index in [9.17, 15) is 8.94 Å². The van der Waals surface area contributed by atoms with Gasteiger partial charge in [-0.1, -0.05) is 6.07 Å². The van der Waals surface area contributed by atoms with E-state index in [1.807, 2.05) is 0 Å². The molecule has 10 heavy (non-hydrogen) atoms. The van der Waals surface area contributed by atoms with Gasteiger partial charge in [0.15, 0.2) is 4.90 Å². The molecule has 0 aliphatic rings. The predicted molar refractivity (Wildman–Crippen MR) is 38.7 cm³/mol. The van der Waals surface area contributed by atoms with Gasteiger partial charge in [-0.25, -0.2) is 4.39 Å². The Morgan fingerprint density at radius 1 is 1.50 bits per heavy atom. The summed E-state index contributed by atoms with van der Waals surface area (Å²) in [4.78, 5) is 0.528. The van der Waals surface area contributed by atoms with E-state index >= 15 is 0 Å². The number of rotatable bonds is 1. The summed E-state index contributed by atoms with van der Waals surface area (Å²) >= 11 is -1.08. The molecule has 0 radical (unpaired) electrons. The van der Waals surface area contributed by atoms with Crippen LogP contribution in [-0.4, -0.2) is 10.8 Å². The molecule has 1 nitrogen and oxygen atoms in total. The summed E-state index contributed by atoms with van der Waals surface area (Å²) in [6, 6.07) is 5.79. The Hall–Kier alpha value is -0.540. The third-order valence-electron chi connectivity index (χ3n) is 1.13. The highest BCUT2D eigenvalue weighted by atomic mass is 32.2. The topological polar surface area (TPSA) is 23.1 Å². The number of halogens is 1. The first-order valence-corrected chi connectivity index (χ1v) is 4.35. The molecule has 0 heterocycles. The van der Waals surface area contributed by atoms with Crippen LogP contribution in [0.1, 0.15) is 0 Å². The predicted octanol–water partition coefficient (Wildman–Crippen LogP) is 1.56. The van der Waals surface area contributed by atoms with Gasteiger partial charge in [-0.15, -0.1) is 0 Å². The molecule has 54 valence electrons. The first-order valence-electron chi connectivity index (χ1n) is 2.79. The van der Waals surface area contributed by atoms with Crippen LogP contribution in [0, 0.1) is 5.82 Å². The van der Waals surface area contributed by atoms with Gasteiger partial charge in [0.2, 0.25) is 0 Å². The van der Waals surface area contributed by atoms with E-state index in [1.54, 1.807) is 12.1 Å². The second kappa shape index (κ2) is 3.03. The number of hydrogen-bond donors (Lipinski definition) is 0. The van der Waals surface area contributed by atoms with Gasteiger partial charge in [0, 0.05) is 6.07 Å². The lowest BCUT2D eigenvalue weighted by Gasteiger charge is -2.02. The van der Waals surface area contributed by atoms with Gasteiger partial charge in [-0.2, -0.15) is 0 Å². The lowest BCUT2D eigenvalue weighted by Crippen LogP contribution is -1.96. The molecule has 1 aromatic carbocycles. The summed E-state index contributed by atoms with van der Waals surface area (Å²) in [6.07, 6.45) is 1.52. The Bertz CT molecular complexity index is 225. The average molecular weight is 158 g/mol. The molecule has 1 rings (SSSR count). The van der Waals surface area contributed by atoms with Gasteiger partial charge in [0.25, 0.3) is 0 Å². The molecular weight excluding hydrogens is 151 g/mol. The Morgan fingerprint density at radius 2 is 2.20 bits per heavy atom. The van der Waals surface area contributed by atoms with E-state index in [1.165, 1.54) is 18.4 Å². The van der Waals surface area contributed by atoms with E-state index in [-0.39, 0.29) is 5.82 Å². The average Bonchev–Trinajstić information content (AvgIpc) is 1.88. The smallest absolute Gasteiger partial charge is 0.155 e. The summed E-state index contributed by atoms with van der Waals surface area (Å²) < 4.78 is 23.1. The molecule has 0 fully saturated rings. The van der Waals surface area contributed by atoms with Gasteiger partial charge in [0.05, 0.1) is 0 Å². The van der Waals surface area contributed by atoms with Crippen LogP contribution in [0.15, 0.2) is 29.2 Å². The zero-order valence-electron chi connectivity index (χ0n) is 5.50. The van der Waals surface area contributed by atoms with E-state index in [0.717, 1.165) is 0 Å². The molecule has 0 aliphatic carbocycles. The van der Waals surface area contributed by atoms with Crippen LogP contribution >= 0.6 is 0 Å². The maximum absolute atomic E-state index is 12.4. The van der Waals surface area contributed by atoms with Gasteiger partial charge >= 0.3 is 0 Å². The summed E-state index contributed by atoms with van der Waals surface area (Å²) in [5.41, 5.74) is 0. The third kappa shape index (κ3) is 1.72. The fourth-order valence-electron chi connectivity index (χ4n) is 0.646. The van der Waals surface area contributed by atoms with E-state index in [2.05, 4.69) is 0 Å². The van der Waals surface area contributed by atoms with Crippen LogP contribution in [-0.2, 0) is 11.2 Å². The highest BCUT2D eigenvalue weighted by molar-refractivity contribution is 7.90. The fraction of sp³-hybridized carbons (Fsp3) is 0.143. The molecule has 0 saturated carbocycles. The van der Waals surface area contributed by atoms with Crippen LogP contribution in [0.25, 0.3) is 0 Å². The van der Waals surface area contributed by atoms with Crippen LogP contribution in [0.3, 0.4) is 0 Å². The molecule has 0 bridgehead atoms. The first kappa shape index (κ1) is 7.57. The van der Waals surface area contributed by atoms with Crippen molar-refractivity contribution in [3.63, 3.8) is 0 Å². The minimum atomic E-state index is -1.08. The molecule has 0 amide bonds. The second-order valence-corrected chi connectivity index (χ2v) is 3.29. The van der Waals surface area contributed by atoms with Gasteiger partial charge in [-0.05, 0) is 23.3 Å². The van der Waals surface area contributed by atoms with Crippen molar-refractivity contribution in [2.75, 3.05) is 6.26 Å². The summed E-state index contributed by atoms with van der Waals surface area (Å²) in [7, 11) is 0. The number of hydrogen-bond acceptors (Lipinski definition) is 1. The second-order valence-electron chi connectivity index (χ2n) is 1.91. The van der Waals surface area contributed by atoms with Crippen LogP contribution in [0.2, 0.25) is 0 Å². The minimum absolute atomic E-state index is 0.340. The third-order valence-corrected chi connectivity index (χ3v) is 2.05. The molecule has 1 unspecified atom stereocenters. The van der Waals surface area contributed by atoms with Crippen molar-refractivity contribution in [2.24, 2.45) is 0 Å². The molecule has 3 heteroatoms. The maximum atomic E-state index is 12.4. The van der Waals surface area contributed by atoms with Crippen molar-refractivity contribution >= 4 is 11.2 Å². The van der Waals surface area contributed by atoms with Crippen molar-refractivity contribution in [3.05, 3.63) is 30.1 Å². The molecule has 1 aromatic rings. The van der Waals surface area contributed by atoms with E-state index in [0.29, 0.717) is 4.90 Å². The highest BCUT2D eigenvalue weighted by Gasteiger charge is 2.02. The van der Waals surface area contributed by atoms with Gasteiger partial charge < -0.3 is 4.55 Å². The van der Waals surface area contributed by atoms with E-state index < -0.39 is 11.2 Å². The molecule has 0 aliphatic heterocycles. The number of benzene rings is 1. The SMILES string of the molecule is C[S+]([O-])c1cccc(F)c1. The van der Waals surface area contributed by atoms with Gasteiger partial charge in [0.1, 0.15) is 12.1 Å². The Labute approximate surface area is 62.1 Å². The Morgan fingerprint density at radius 3 is 2.60 bits per heavy atom. The normalized spacial score (nSPS) is 13.1. The standard InChI is InChI=1S/C7H7FOS/c1-10(9)7-4-2-3-6(8)5-7/h2-5H,1H3. The quantitative estimate of drug-likeness (QED) is 0.569. The largest absolute Gasteiger partial charge is 0.612 e. The summed E-state index contributed by atoms with van der Waals surface area (Å²) in [5, 5.41) is 0. The van der Waals surface area contributed by atoms with Crippen molar-refractivity contribution in [2.45, 2.75) is 4.90 Å². The molecule has 0 saturated heterocycles. The summed E-state index contributed by atoms with van der Waals surface area (Å²) in [6.45, 7) is 0. The van der Waals surface area contributed by atoms with Crippen molar-refractivity contribution < 1.29 is 8.94 Å². The summed E-state index contributed by atoms with van der Waals surface area (Å²) in [5.74, 6) is -0.340.